The van der Waals surface area contributed by atoms with E-state index in [9.17, 15) is 14.7 Å². The molecule has 0 spiro atoms. The smallest absolute Gasteiger partial charge is 0.326 e. The van der Waals surface area contributed by atoms with Gasteiger partial charge in [-0.2, -0.15) is 0 Å². The van der Waals surface area contributed by atoms with Gasteiger partial charge in [0.15, 0.2) is 0 Å². The minimum absolute atomic E-state index is 0.233. The molecule has 21 heavy (non-hydrogen) atoms. The van der Waals surface area contributed by atoms with Gasteiger partial charge >= 0.3 is 5.97 Å². The predicted molar refractivity (Wildman–Crippen MR) is 84.2 cm³/mol. The number of hydrogen-bond donors (Lipinski definition) is 3. The molecule has 1 amide bonds. The number of amides is 1. The highest BCUT2D eigenvalue weighted by atomic mass is 79.9. The summed E-state index contributed by atoms with van der Waals surface area (Å²) in [5.41, 5.74) is 1.80. The molecule has 0 bridgehead atoms. The molecule has 1 atom stereocenters. The number of carboxylic acids is 1. The van der Waals surface area contributed by atoms with Crippen molar-refractivity contribution >= 4 is 38.7 Å². The number of rotatable bonds is 6. The van der Waals surface area contributed by atoms with Crippen LogP contribution in [0.4, 0.5) is 0 Å². The Hall–Kier alpha value is -1.82. The topological polar surface area (TPSA) is 82.2 Å². The van der Waals surface area contributed by atoms with Crippen molar-refractivity contribution in [2.45, 2.75) is 32.2 Å². The van der Waals surface area contributed by atoms with E-state index in [4.69, 9.17) is 0 Å². The highest BCUT2D eigenvalue weighted by Gasteiger charge is 2.22. The zero-order valence-electron chi connectivity index (χ0n) is 11.6. The number of hydrogen-bond acceptors (Lipinski definition) is 2. The van der Waals surface area contributed by atoms with E-state index in [0.717, 1.165) is 20.9 Å². The van der Waals surface area contributed by atoms with Gasteiger partial charge in [-0.1, -0.05) is 28.9 Å². The van der Waals surface area contributed by atoms with Crippen LogP contribution in [-0.4, -0.2) is 28.0 Å². The average Bonchev–Trinajstić information content (AvgIpc) is 2.83. The van der Waals surface area contributed by atoms with Crippen molar-refractivity contribution in [3.05, 3.63) is 34.4 Å². The van der Waals surface area contributed by atoms with Crippen molar-refractivity contribution < 1.29 is 14.7 Å². The highest BCUT2D eigenvalue weighted by molar-refractivity contribution is 9.10. The summed E-state index contributed by atoms with van der Waals surface area (Å²) >= 11 is 3.47. The first-order chi connectivity index (χ1) is 10.0. The number of halogens is 1. The van der Waals surface area contributed by atoms with E-state index in [1.807, 2.05) is 25.1 Å². The lowest BCUT2D eigenvalue weighted by Crippen LogP contribution is -2.42. The third kappa shape index (κ3) is 3.64. The zero-order chi connectivity index (χ0) is 15.4. The molecule has 0 saturated heterocycles. The van der Waals surface area contributed by atoms with Gasteiger partial charge in [-0.25, -0.2) is 4.79 Å². The van der Waals surface area contributed by atoms with E-state index in [0.29, 0.717) is 12.8 Å². The number of H-pyrrole nitrogens is 1. The van der Waals surface area contributed by atoms with E-state index in [1.54, 1.807) is 6.20 Å². The lowest BCUT2D eigenvalue weighted by Gasteiger charge is -2.14. The highest BCUT2D eigenvalue weighted by Crippen LogP contribution is 2.27. The maximum atomic E-state index is 11.6. The van der Waals surface area contributed by atoms with Crippen molar-refractivity contribution in [3.63, 3.8) is 0 Å². The van der Waals surface area contributed by atoms with Gasteiger partial charge in [0.1, 0.15) is 6.04 Å². The molecule has 2 rings (SSSR count). The van der Waals surface area contributed by atoms with Crippen LogP contribution in [-0.2, 0) is 16.0 Å². The van der Waals surface area contributed by atoms with Crippen molar-refractivity contribution in [1.82, 2.24) is 10.3 Å². The van der Waals surface area contributed by atoms with E-state index in [2.05, 4.69) is 26.2 Å². The Labute approximate surface area is 130 Å². The van der Waals surface area contributed by atoms with Crippen LogP contribution < -0.4 is 5.32 Å². The fourth-order valence-corrected chi connectivity index (χ4v) is 2.90. The van der Waals surface area contributed by atoms with Gasteiger partial charge in [0.2, 0.25) is 5.91 Å². The molecule has 0 radical (unpaired) electrons. The van der Waals surface area contributed by atoms with Crippen molar-refractivity contribution in [2.75, 3.05) is 0 Å². The molecule has 112 valence electrons. The van der Waals surface area contributed by atoms with Gasteiger partial charge in [0.05, 0.1) is 0 Å². The molecule has 0 aliphatic heterocycles. The van der Waals surface area contributed by atoms with Gasteiger partial charge in [0.25, 0.3) is 0 Å². The van der Waals surface area contributed by atoms with Gasteiger partial charge in [-0.3, -0.25) is 4.79 Å². The summed E-state index contributed by atoms with van der Waals surface area (Å²) in [6.07, 6.45) is 3.06. The molecule has 0 aliphatic carbocycles. The van der Waals surface area contributed by atoms with Crippen LogP contribution in [0.2, 0.25) is 0 Å². The van der Waals surface area contributed by atoms with Crippen LogP contribution in [0.1, 0.15) is 25.3 Å². The predicted octanol–water partition coefficient (Wildman–Crippen LogP) is 2.84. The monoisotopic (exact) mass is 352 g/mol. The molecule has 1 aromatic carbocycles. The van der Waals surface area contributed by atoms with Crippen LogP contribution in [0.5, 0.6) is 0 Å². The van der Waals surface area contributed by atoms with Gasteiger partial charge in [-0.15, -0.1) is 0 Å². The Morgan fingerprint density at radius 2 is 2.19 bits per heavy atom. The average molecular weight is 353 g/mol. The number of fused-ring (bicyclic) bond motifs is 1. The number of aromatic amines is 1. The van der Waals surface area contributed by atoms with Crippen molar-refractivity contribution in [3.8, 4) is 0 Å². The number of aromatic nitrogens is 1. The molecule has 2 aromatic rings. The van der Waals surface area contributed by atoms with Crippen molar-refractivity contribution in [1.29, 1.82) is 0 Å². The summed E-state index contributed by atoms with van der Waals surface area (Å²) in [5.74, 6) is -1.26. The number of aliphatic carboxylic acids is 1. The second-order valence-electron chi connectivity index (χ2n) is 4.89. The Bertz CT molecular complexity index is 666. The molecule has 0 saturated carbocycles. The van der Waals surface area contributed by atoms with E-state index < -0.39 is 12.0 Å². The standard InChI is InChI=1S/C15H17BrN2O3/c1-2-4-13(19)18-12(15(20)21)7-9-8-17-11-6-3-5-10(16)14(9)11/h3,5-6,8,12,17H,2,4,7H2,1H3,(H,18,19)(H,20,21). The zero-order valence-corrected chi connectivity index (χ0v) is 13.2. The van der Waals surface area contributed by atoms with Gasteiger partial charge in [-0.05, 0) is 24.1 Å². The SMILES string of the molecule is CCCC(=O)NC(Cc1c[nH]c2cccc(Br)c12)C(=O)O. The summed E-state index contributed by atoms with van der Waals surface area (Å²) in [6, 6.07) is 4.82. The molecule has 1 heterocycles. The van der Waals surface area contributed by atoms with Crippen LogP contribution in [0, 0.1) is 0 Å². The summed E-state index contributed by atoms with van der Waals surface area (Å²) in [5, 5.41) is 12.8. The molecule has 1 aromatic heterocycles. The minimum atomic E-state index is -1.03. The van der Waals surface area contributed by atoms with E-state index in [-0.39, 0.29) is 12.3 Å². The molecule has 0 fully saturated rings. The Kier molecular flexibility index (Phi) is 5.01. The lowest BCUT2D eigenvalue weighted by molar-refractivity contribution is -0.141. The van der Waals surface area contributed by atoms with Gasteiger partial charge in [0, 0.05) is 34.4 Å². The fourth-order valence-electron chi connectivity index (χ4n) is 2.28. The third-order valence-electron chi connectivity index (χ3n) is 3.27. The fraction of sp³-hybridized carbons (Fsp3) is 0.333. The molecule has 5 nitrogen and oxygen atoms in total. The number of carboxylic acid groups (broad SMARTS) is 1. The molecular weight excluding hydrogens is 336 g/mol. The lowest BCUT2D eigenvalue weighted by atomic mass is 10.0. The normalized spacial score (nSPS) is 12.3. The second-order valence-corrected chi connectivity index (χ2v) is 5.74. The van der Waals surface area contributed by atoms with Crippen molar-refractivity contribution in [2.24, 2.45) is 0 Å². The van der Waals surface area contributed by atoms with Crippen LogP contribution in [0.25, 0.3) is 10.9 Å². The number of carbonyl (C=O) groups is 2. The molecule has 3 N–H and O–H groups in total. The maximum absolute atomic E-state index is 11.6. The summed E-state index contributed by atoms with van der Waals surface area (Å²) in [7, 11) is 0. The van der Waals surface area contributed by atoms with Crippen LogP contribution >= 0.6 is 15.9 Å². The van der Waals surface area contributed by atoms with Crippen LogP contribution in [0.3, 0.4) is 0 Å². The Balaban J connectivity index is 2.23. The molecular formula is C15H17BrN2O3. The minimum Gasteiger partial charge on any atom is -0.480 e. The summed E-state index contributed by atoms with van der Waals surface area (Å²) in [6.45, 7) is 1.88. The van der Waals surface area contributed by atoms with E-state index >= 15 is 0 Å². The largest absolute Gasteiger partial charge is 0.480 e. The first kappa shape index (κ1) is 15.6. The Morgan fingerprint density at radius 3 is 2.86 bits per heavy atom. The number of nitrogens with one attached hydrogen (secondary N) is 2. The second kappa shape index (κ2) is 6.76. The molecule has 6 heteroatoms. The molecule has 1 unspecified atom stereocenters. The maximum Gasteiger partial charge on any atom is 0.326 e. The first-order valence-corrected chi connectivity index (χ1v) is 7.59. The number of benzene rings is 1. The molecule has 0 aliphatic rings. The van der Waals surface area contributed by atoms with Crippen LogP contribution in [0.15, 0.2) is 28.9 Å². The van der Waals surface area contributed by atoms with Gasteiger partial charge < -0.3 is 15.4 Å². The third-order valence-corrected chi connectivity index (χ3v) is 3.93. The number of carbonyl (C=O) groups excluding carboxylic acids is 1. The quantitative estimate of drug-likeness (QED) is 0.747. The summed E-state index contributed by atoms with van der Waals surface area (Å²) in [4.78, 5) is 26.1. The van der Waals surface area contributed by atoms with E-state index in [1.165, 1.54) is 0 Å². The summed E-state index contributed by atoms with van der Waals surface area (Å²) < 4.78 is 0.903. The first-order valence-electron chi connectivity index (χ1n) is 6.79. The Morgan fingerprint density at radius 1 is 1.43 bits per heavy atom.